The van der Waals surface area contributed by atoms with Crippen LogP contribution < -0.4 is 5.32 Å². The molecule has 2 fully saturated rings. The van der Waals surface area contributed by atoms with E-state index in [1.165, 1.54) is 0 Å². The van der Waals surface area contributed by atoms with Crippen molar-refractivity contribution in [1.29, 1.82) is 0 Å². The molecule has 2 aliphatic heterocycles. The number of ether oxygens (including phenoxy) is 2. The number of nitrogens with one attached hydrogen (secondary N) is 1. The summed E-state index contributed by atoms with van der Waals surface area (Å²) in [5.74, 6) is -0.563. The number of para-hydroxylation sites is 1. The lowest BCUT2D eigenvalue weighted by Crippen LogP contribution is -2.47. The first-order valence-corrected chi connectivity index (χ1v) is 9.87. The minimum absolute atomic E-state index is 0.0717. The fraction of sp³-hybridized carbons (Fsp3) is 0.318. The molecule has 1 spiro atoms. The molecule has 4 heterocycles. The third-order valence-electron chi connectivity index (χ3n) is 5.52. The number of aromatic nitrogens is 2. The van der Waals surface area contributed by atoms with Crippen molar-refractivity contribution >= 4 is 28.2 Å². The third-order valence-corrected chi connectivity index (χ3v) is 5.52. The Bertz CT molecular complexity index is 1030. The van der Waals surface area contributed by atoms with Crippen LogP contribution in [0.3, 0.4) is 0 Å². The molecule has 0 saturated carbocycles. The second-order valence-corrected chi connectivity index (χ2v) is 7.34. The normalized spacial score (nSPS) is 18.3. The first-order chi connectivity index (χ1) is 14.2. The molecule has 3 aromatic rings. The highest BCUT2D eigenvalue weighted by molar-refractivity contribution is 5.95. The van der Waals surface area contributed by atoms with Gasteiger partial charge in [0, 0.05) is 49.4 Å². The zero-order valence-electron chi connectivity index (χ0n) is 16.0. The molecule has 2 aromatic heterocycles. The number of fused-ring (bicyclic) bond motifs is 1. The summed E-state index contributed by atoms with van der Waals surface area (Å²) in [7, 11) is 0. The monoisotopic (exact) mass is 390 g/mol. The number of amides is 1. The third kappa shape index (κ3) is 3.54. The summed E-state index contributed by atoms with van der Waals surface area (Å²) >= 11 is 0. The minimum Gasteiger partial charge on any atom is -0.354 e. The largest absolute Gasteiger partial charge is 0.354 e. The van der Waals surface area contributed by atoms with Crippen molar-refractivity contribution in [2.75, 3.05) is 31.6 Å². The van der Waals surface area contributed by atoms with E-state index in [4.69, 9.17) is 9.47 Å². The van der Waals surface area contributed by atoms with E-state index in [1.807, 2.05) is 41.3 Å². The average molecular weight is 390 g/mol. The molecule has 29 heavy (non-hydrogen) atoms. The molecular weight excluding hydrogens is 368 g/mol. The highest BCUT2D eigenvalue weighted by Crippen LogP contribution is 2.32. The van der Waals surface area contributed by atoms with Crippen molar-refractivity contribution in [2.24, 2.45) is 0 Å². The highest BCUT2D eigenvalue weighted by atomic mass is 16.7. The number of likely N-dealkylation sites (tertiary alicyclic amines) is 1. The Hall–Kier alpha value is -3.03. The zero-order valence-corrected chi connectivity index (χ0v) is 16.0. The van der Waals surface area contributed by atoms with Gasteiger partial charge in [-0.1, -0.05) is 18.2 Å². The summed E-state index contributed by atoms with van der Waals surface area (Å²) in [4.78, 5) is 23.5. The Balaban J connectivity index is 1.32. The van der Waals surface area contributed by atoms with Crippen LogP contribution in [0, 0.1) is 0 Å². The van der Waals surface area contributed by atoms with Gasteiger partial charge in [0.1, 0.15) is 5.69 Å². The number of benzene rings is 1. The van der Waals surface area contributed by atoms with Gasteiger partial charge in [0.05, 0.1) is 24.4 Å². The second kappa shape index (κ2) is 7.42. The number of hydrogen-bond donors (Lipinski definition) is 1. The number of piperidine rings is 1. The van der Waals surface area contributed by atoms with Crippen LogP contribution in [0.1, 0.15) is 23.3 Å². The van der Waals surface area contributed by atoms with Crippen LogP contribution in [0.25, 0.3) is 10.9 Å². The van der Waals surface area contributed by atoms with Crippen LogP contribution in [0.5, 0.6) is 0 Å². The average Bonchev–Trinajstić information content (AvgIpc) is 3.22. The van der Waals surface area contributed by atoms with Gasteiger partial charge in [-0.25, -0.2) is 0 Å². The maximum atomic E-state index is 13.0. The number of pyridine rings is 2. The molecule has 0 bridgehead atoms. The van der Waals surface area contributed by atoms with Crippen LogP contribution in [-0.2, 0) is 9.47 Å². The Morgan fingerprint density at radius 3 is 2.62 bits per heavy atom. The van der Waals surface area contributed by atoms with Crippen LogP contribution in [0.2, 0.25) is 0 Å². The molecule has 7 heteroatoms. The number of nitrogens with zero attached hydrogens (tertiary/aromatic N) is 3. The number of carbonyl (C=O) groups excluding carboxylic acids is 1. The number of carbonyl (C=O) groups is 1. The Labute approximate surface area is 168 Å². The van der Waals surface area contributed by atoms with E-state index in [2.05, 4.69) is 15.3 Å². The summed E-state index contributed by atoms with van der Waals surface area (Å²) in [6.45, 7) is 2.47. The zero-order chi connectivity index (χ0) is 19.7. The van der Waals surface area contributed by atoms with E-state index in [0.29, 0.717) is 44.8 Å². The number of rotatable bonds is 3. The van der Waals surface area contributed by atoms with E-state index in [0.717, 1.165) is 22.3 Å². The number of hydrogen-bond acceptors (Lipinski definition) is 6. The first kappa shape index (κ1) is 18.0. The summed E-state index contributed by atoms with van der Waals surface area (Å²) < 4.78 is 11.5. The van der Waals surface area contributed by atoms with Crippen molar-refractivity contribution in [1.82, 2.24) is 14.9 Å². The maximum Gasteiger partial charge on any atom is 0.272 e. The molecule has 7 nitrogen and oxygen atoms in total. The maximum absolute atomic E-state index is 13.0. The first-order valence-electron chi connectivity index (χ1n) is 9.87. The lowest BCUT2D eigenvalue weighted by Gasteiger charge is -2.37. The molecule has 1 aromatic carbocycles. The van der Waals surface area contributed by atoms with Gasteiger partial charge in [0.25, 0.3) is 5.91 Å². The van der Waals surface area contributed by atoms with E-state index in [-0.39, 0.29) is 5.91 Å². The predicted octanol–water partition coefficient (Wildman–Crippen LogP) is 3.35. The molecule has 0 aliphatic carbocycles. The van der Waals surface area contributed by atoms with Crippen LogP contribution in [0.15, 0.2) is 54.9 Å². The van der Waals surface area contributed by atoms with Crippen molar-refractivity contribution in [3.05, 3.63) is 60.6 Å². The summed E-state index contributed by atoms with van der Waals surface area (Å²) in [6.07, 6.45) is 4.81. The topological polar surface area (TPSA) is 76.6 Å². The Morgan fingerprint density at radius 2 is 1.79 bits per heavy atom. The van der Waals surface area contributed by atoms with Crippen molar-refractivity contribution in [3.63, 3.8) is 0 Å². The molecule has 5 rings (SSSR count). The van der Waals surface area contributed by atoms with Crippen molar-refractivity contribution < 1.29 is 14.3 Å². The Morgan fingerprint density at radius 1 is 1.00 bits per heavy atom. The van der Waals surface area contributed by atoms with Crippen LogP contribution in [0.4, 0.5) is 11.4 Å². The molecule has 148 valence electrons. The summed E-state index contributed by atoms with van der Waals surface area (Å²) in [5.41, 5.74) is 3.01. The SMILES string of the molecule is O=C(c1cc(Nc2cccc3cccnc23)ccn1)N1CCC2(CC1)OCCO2. The van der Waals surface area contributed by atoms with E-state index in [9.17, 15) is 4.79 Å². The molecule has 1 N–H and O–H groups in total. The minimum atomic E-state index is -0.491. The molecular formula is C22H22N4O3. The fourth-order valence-corrected chi connectivity index (χ4v) is 3.98. The van der Waals surface area contributed by atoms with Gasteiger partial charge in [-0.3, -0.25) is 14.8 Å². The second-order valence-electron chi connectivity index (χ2n) is 7.34. The predicted molar refractivity (Wildman–Crippen MR) is 109 cm³/mol. The molecule has 0 atom stereocenters. The fourth-order valence-electron chi connectivity index (χ4n) is 3.98. The molecule has 0 radical (unpaired) electrons. The van der Waals surface area contributed by atoms with Gasteiger partial charge >= 0.3 is 0 Å². The smallest absolute Gasteiger partial charge is 0.272 e. The Kier molecular flexibility index (Phi) is 4.61. The van der Waals surface area contributed by atoms with Crippen LogP contribution >= 0.6 is 0 Å². The standard InChI is InChI=1S/C22H22N4O3/c27-21(26-11-7-22(8-12-26)28-13-14-29-22)19-15-17(6-10-23-19)25-18-5-1-3-16-4-2-9-24-20(16)18/h1-6,9-10,15H,7-8,11-14H2,(H,23,25). The summed E-state index contributed by atoms with van der Waals surface area (Å²) in [6, 6.07) is 13.6. The van der Waals surface area contributed by atoms with E-state index < -0.39 is 5.79 Å². The lowest BCUT2D eigenvalue weighted by molar-refractivity contribution is -0.181. The van der Waals surface area contributed by atoms with Gasteiger partial charge in [0.2, 0.25) is 0 Å². The van der Waals surface area contributed by atoms with E-state index in [1.54, 1.807) is 18.5 Å². The van der Waals surface area contributed by atoms with Gasteiger partial charge in [-0.2, -0.15) is 0 Å². The van der Waals surface area contributed by atoms with Gasteiger partial charge in [-0.15, -0.1) is 0 Å². The summed E-state index contributed by atoms with van der Waals surface area (Å²) in [5, 5.41) is 4.43. The van der Waals surface area contributed by atoms with Gasteiger partial charge in [0.15, 0.2) is 5.79 Å². The van der Waals surface area contributed by atoms with Crippen LogP contribution in [-0.4, -0.2) is 52.9 Å². The van der Waals surface area contributed by atoms with E-state index >= 15 is 0 Å². The molecule has 0 unspecified atom stereocenters. The highest BCUT2D eigenvalue weighted by Gasteiger charge is 2.41. The molecule has 2 saturated heterocycles. The molecule has 1 amide bonds. The lowest BCUT2D eigenvalue weighted by atomic mass is 10.0. The number of anilines is 2. The van der Waals surface area contributed by atoms with Crippen molar-refractivity contribution in [3.8, 4) is 0 Å². The van der Waals surface area contributed by atoms with Crippen molar-refractivity contribution in [2.45, 2.75) is 18.6 Å². The van der Waals surface area contributed by atoms with Gasteiger partial charge < -0.3 is 19.7 Å². The quantitative estimate of drug-likeness (QED) is 0.739. The van der Waals surface area contributed by atoms with Gasteiger partial charge in [-0.05, 0) is 24.3 Å². The molecule has 2 aliphatic rings.